The molecule has 0 radical (unpaired) electrons. The Kier molecular flexibility index (Phi) is 21.7. The van der Waals surface area contributed by atoms with E-state index in [1.165, 1.54) is 83.5 Å². The number of carbonyl (C=O) groups excluding carboxylic acids is 1. The Morgan fingerprint density at radius 1 is 0.676 bits per heavy atom. The summed E-state index contributed by atoms with van der Waals surface area (Å²) in [6, 6.07) is 0. The van der Waals surface area contributed by atoms with Gasteiger partial charge >= 0.3 is 11.9 Å². The molecule has 0 spiro atoms. The van der Waals surface area contributed by atoms with Gasteiger partial charge in [0.05, 0.1) is 12.5 Å². The SMILES string of the molecule is CCCCCCCCCCCCOC(=O)C1CC(CCCCCCCC(=O)O)C=CC1CCCCCC. The lowest BCUT2D eigenvalue weighted by Crippen LogP contribution is -2.30. The Hall–Kier alpha value is -1.32. The molecule has 37 heavy (non-hydrogen) atoms. The number of ether oxygens (including phenoxy) is 1. The van der Waals surface area contributed by atoms with Crippen LogP contribution in [0.15, 0.2) is 12.2 Å². The highest BCUT2D eigenvalue weighted by Gasteiger charge is 2.32. The van der Waals surface area contributed by atoms with E-state index in [1.54, 1.807) is 0 Å². The zero-order chi connectivity index (χ0) is 27.0. The third kappa shape index (κ3) is 18.6. The van der Waals surface area contributed by atoms with Crippen molar-refractivity contribution in [1.29, 1.82) is 0 Å². The van der Waals surface area contributed by atoms with Crippen LogP contribution >= 0.6 is 0 Å². The summed E-state index contributed by atoms with van der Waals surface area (Å²) >= 11 is 0. The summed E-state index contributed by atoms with van der Waals surface area (Å²) < 4.78 is 5.83. The molecule has 0 heterocycles. The molecule has 1 rings (SSSR count). The maximum absolute atomic E-state index is 13.1. The molecule has 0 aromatic heterocycles. The Morgan fingerprint density at radius 2 is 1.19 bits per heavy atom. The summed E-state index contributed by atoms with van der Waals surface area (Å²) in [6.45, 7) is 5.09. The van der Waals surface area contributed by atoms with Gasteiger partial charge in [-0.1, -0.05) is 135 Å². The number of hydrogen-bond donors (Lipinski definition) is 1. The van der Waals surface area contributed by atoms with Gasteiger partial charge in [-0.25, -0.2) is 0 Å². The van der Waals surface area contributed by atoms with Gasteiger partial charge < -0.3 is 9.84 Å². The molecule has 1 N–H and O–H groups in total. The van der Waals surface area contributed by atoms with Crippen LogP contribution in [-0.2, 0) is 14.3 Å². The van der Waals surface area contributed by atoms with Crippen LogP contribution in [0.4, 0.5) is 0 Å². The topological polar surface area (TPSA) is 63.6 Å². The average Bonchev–Trinajstić information content (AvgIpc) is 2.89. The molecule has 4 heteroatoms. The molecule has 0 saturated heterocycles. The van der Waals surface area contributed by atoms with E-state index in [0.717, 1.165) is 57.8 Å². The Morgan fingerprint density at radius 3 is 1.81 bits per heavy atom. The lowest BCUT2D eigenvalue weighted by Gasteiger charge is -2.30. The van der Waals surface area contributed by atoms with Crippen molar-refractivity contribution in [2.75, 3.05) is 6.61 Å². The summed E-state index contributed by atoms with van der Waals surface area (Å²) in [5.74, 6) is 0.183. The second-order valence-electron chi connectivity index (χ2n) is 11.6. The van der Waals surface area contributed by atoms with E-state index in [1.807, 2.05) is 0 Å². The van der Waals surface area contributed by atoms with Crippen LogP contribution < -0.4 is 0 Å². The number of allylic oxidation sites excluding steroid dienone is 2. The third-order valence-corrected chi connectivity index (χ3v) is 8.11. The zero-order valence-corrected chi connectivity index (χ0v) is 24.5. The predicted octanol–water partition coefficient (Wildman–Crippen LogP) is 10.0. The van der Waals surface area contributed by atoms with Crippen molar-refractivity contribution in [2.45, 2.75) is 162 Å². The van der Waals surface area contributed by atoms with Crippen LogP contribution in [0.5, 0.6) is 0 Å². The smallest absolute Gasteiger partial charge is 0.309 e. The minimum absolute atomic E-state index is 0.0234. The maximum Gasteiger partial charge on any atom is 0.309 e. The number of carboxylic acids is 1. The van der Waals surface area contributed by atoms with Crippen LogP contribution in [0.1, 0.15) is 162 Å². The molecule has 0 saturated carbocycles. The van der Waals surface area contributed by atoms with Gasteiger partial charge in [0.1, 0.15) is 0 Å². The molecule has 0 bridgehead atoms. The first-order chi connectivity index (χ1) is 18.1. The summed E-state index contributed by atoms with van der Waals surface area (Å²) in [7, 11) is 0. The van der Waals surface area contributed by atoms with E-state index in [9.17, 15) is 9.59 Å². The highest BCUT2D eigenvalue weighted by Crippen LogP contribution is 2.35. The molecule has 1 aliphatic rings. The van der Waals surface area contributed by atoms with Gasteiger partial charge in [0, 0.05) is 6.42 Å². The number of unbranched alkanes of at least 4 members (excludes halogenated alkanes) is 16. The van der Waals surface area contributed by atoms with E-state index in [2.05, 4.69) is 26.0 Å². The van der Waals surface area contributed by atoms with Crippen molar-refractivity contribution in [3.63, 3.8) is 0 Å². The molecule has 4 nitrogen and oxygen atoms in total. The van der Waals surface area contributed by atoms with E-state index in [4.69, 9.17) is 9.84 Å². The predicted molar refractivity (Wildman–Crippen MR) is 156 cm³/mol. The molecular weight excluding hydrogens is 460 g/mol. The largest absolute Gasteiger partial charge is 0.481 e. The van der Waals surface area contributed by atoms with Gasteiger partial charge in [0.25, 0.3) is 0 Å². The van der Waals surface area contributed by atoms with E-state index in [0.29, 0.717) is 18.4 Å². The number of esters is 1. The first-order valence-corrected chi connectivity index (χ1v) is 16.1. The summed E-state index contributed by atoms with van der Waals surface area (Å²) in [5.41, 5.74) is 0. The minimum Gasteiger partial charge on any atom is -0.481 e. The number of carbonyl (C=O) groups is 2. The normalized spacial score (nSPS) is 19.2. The zero-order valence-electron chi connectivity index (χ0n) is 24.5. The second kappa shape index (κ2) is 23.8. The fourth-order valence-corrected chi connectivity index (χ4v) is 5.69. The molecule has 3 atom stereocenters. The molecule has 0 fully saturated rings. The molecule has 0 aromatic carbocycles. The van der Waals surface area contributed by atoms with E-state index < -0.39 is 5.97 Å². The monoisotopic (exact) mass is 520 g/mol. The van der Waals surface area contributed by atoms with Gasteiger partial charge in [-0.05, 0) is 43.9 Å². The number of hydrogen-bond acceptors (Lipinski definition) is 3. The van der Waals surface area contributed by atoms with E-state index >= 15 is 0 Å². The van der Waals surface area contributed by atoms with Gasteiger partial charge in [-0.2, -0.15) is 0 Å². The van der Waals surface area contributed by atoms with Crippen molar-refractivity contribution in [2.24, 2.45) is 17.8 Å². The average molecular weight is 521 g/mol. The maximum atomic E-state index is 13.1. The number of aliphatic carboxylic acids is 1. The van der Waals surface area contributed by atoms with Crippen molar-refractivity contribution in [3.05, 3.63) is 12.2 Å². The molecule has 0 aliphatic heterocycles. The van der Waals surface area contributed by atoms with Crippen LogP contribution in [-0.4, -0.2) is 23.7 Å². The molecule has 3 unspecified atom stereocenters. The molecule has 216 valence electrons. The van der Waals surface area contributed by atoms with Crippen molar-refractivity contribution >= 4 is 11.9 Å². The van der Waals surface area contributed by atoms with Crippen molar-refractivity contribution in [1.82, 2.24) is 0 Å². The van der Waals surface area contributed by atoms with Crippen LogP contribution in [0.3, 0.4) is 0 Å². The number of carboxylic acid groups (broad SMARTS) is 1. The quantitative estimate of drug-likeness (QED) is 0.0738. The second-order valence-corrected chi connectivity index (χ2v) is 11.6. The highest BCUT2D eigenvalue weighted by molar-refractivity contribution is 5.73. The van der Waals surface area contributed by atoms with Crippen LogP contribution in [0, 0.1) is 17.8 Å². The molecule has 1 aliphatic carbocycles. The van der Waals surface area contributed by atoms with Gasteiger partial charge in [0.2, 0.25) is 0 Å². The van der Waals surface area contributed by atoms with Gasteiger partial charge in [-0.3, -0.25) is 9.59 Å². The van der Waals surface area contributed by atoms with Gasteiger partial charge in [-0.15, -0.1) is 0 Å². The molecular formula is C33H60O4. The fraction of sp³-hybridized carbons (Fsp3) is 0.879. The molecule has 0 aromatic rings. The van der Waals surface area contributed by atoms with Crippen LogP contribution in [0.25, 0.3) is 0 Å². The van der Waals surface area contributed by atoms with Gasteiger partial charge in [0.15, 0.2) is 0 Å². The summed E-state index contributed by atoms with van der Waals surface area (Å²) in [4.78, 5) is 23.7. The van der Waals surface area contributed by atoms with Crippen LogP contribution in [0.2, 0.25) is 0 Å². The highest BCUT2D eigenvalue weighted by atomic mass is 16.5. The summed E-state index contributed by atoms with van der Waals surface area (Å²) in [5, 5.41) is 8.75. The Bertz CT molecular complexity index is 585. The fourth-order valence-electron chi connectivity index (χ4n) is 5.69. The third-order valence-electron chi connectivity index (χ3n) is 8.11. The Balaban J connectivity index is 2.32. The first kappa shape index (κ1) is 33.7. The van der Waals surface area contributed by atoms with Crippen molar-refractivity contribution < 1.29 is 19.4 Å². The van der Waals surface area contributed by atoms with E-state index in [-0.39, 0.29) is 18.3 Å². The first-order valence-electron chi connectivity index (χ1n) is 16.1. The lowest BCUT2D eigenvalue weighted by molar-refractivity contribution is -0.151. The standard InChI is InChI=1S/C33H60O4/c1-3-5-7-9-10-11-12-13-17-21-27-37-33(36)31-28-29(22-18-15-14-16-20-24-32(34)35)25-26-30(31)23-19-8-6-4-2/h25-26,29-31H,3-24,27-28H2,1-2H3,(H,34,35). The number of rotatable bonds is 25. The van der Waals surface area contributed by atoms with Crippen molar-refractivity contribution in [3.8, 4) is 0 Å². The lowest BCUT2D eigenvalue weighted by atomic mass is 9.75. The summed E-state index contributed by atoms with van der Waals surface area (Å²) in [6.07, 6.45) is 31.2. The molecule has 0 amide bonds. The minimum atomic E-state index is -0.692. The Labute approximate surface area is 229 Å².